The first-order valence-corrected chi connectivity index (χ1v) is 10.6. The summed E-state index contributed by atoms with van der Waals surface area (Å²) >= 11 is 0. The lowest BCUT2D eigenvalue weighted by Crippen LogP contribution is -2.48. The minimum Gasteiger partial charge on any atom is -0.497 e. The summed E-state index contributed by atoms with van der Waals surface area (Å²) in [7, 11) is 1.65. The molecule has 2 heterocycles. The number of furan rings is 1. The second-order valence-electron chi connectivity index (χ2n) is 7.70. The fourth-order valence-electron chi connectivity index (χ4n) is 3.74. The van der Waals surface area contributed by atoms with E-state index in [1.807, 2.05) is 18.2 Å². The van der Waals surface area contributed by atoms with Gasteiger partial charge in [-0.25, -0.2) is 0 Å². The van der Waals surface area contributed by atoms with Crippen LogP contribution in [0, 0.1) is 10.1 Å². The van der Waals surface area contributed by atoms with E-state index in [9.17, 15) is 14.9 Å². The monoisotopic (exact) mass is 451 g/mol. The number of para-hydroxylation sites is 2. The van der Waals surface area contributed by atoms with Gasteiger partial charge in [-0.2, -0.15) is 0 Å². The molecule has 1 amide bonds. The Morgan fingerprint density at radius 2 is 1.85 bits per heavy atom. The molecule has 1 saturated heterocycles. The third kappa shape index (κ3) is 5.50. The summed E-state index contributed by atoms with van der Waals surface area (Å²) < 4.78 is 16.5. The molecule has 2 aromatic carbocycles. The molecule has 0 spiro atoms. The molecule has 33 heavy (non-hydrogen) atoms. The fourth-order valence-corrected chi connectivity index (χ4v) is 3.74. The highest BCUT2D eigenvalue weighted by Crippen LogP contribution is 2.27. The van der Waals surface area contributed by atoms with Gasteiger partial charge in [-0.15, -0.1) is 0 Å². The molecule has 4 rings (SSSR count). The molecule has 0 N–H and O–H groups in total. The third-order valence-electron chi connectivity index (χ3n) is 5.50. The molecule has 9 nitrogen and oxygen atoms in total. The van der Waals surface area contributed by atoms with E-state index >= 15 is 0 Å². The van der Waals surface area contributed by atoms with Crippen LogP contribution in [0.15, 0.2) is 65.1 Å². The molecule has 0 saturated carbocycles. The summed E-state index contributed by atoms with van der Waals surface area (Å²) in [6.45, 7) is 3.52. The summed E-state index contributed by atoms with van der Waals surface area (Å²) in [5.41, 5.74) is 1.05. The van der Waals surface area contributed by atoms with Crippen LogP contribution in [0.1, 0.15) is 21.9 Å². The minimum atomic E-state index is -0.500. The summed E-state index contributed by atoms with van der Waals surface area (Å²) in [5, 5.41) is 11.1. The van der Waals surface area contributed by atoms with Gasteiger partial charge >= 0.3 is 5.69 Å². The molecular formula is C24H25N3O6. The van der Waals surface area contributed by atoms with Gasteiger partial charge in [-0.05, 0) is 35.9 Å². The molecule has 0 radical (unpaired) electrons. The van der Waals surface area contributed by atoms with Crippen molar-refractivity contribution >= 4 is 11.6 Å². The smallest absolute Gasteiger partial charge is 0.310 e. The van der Waals surface area contributed by atoms with Gasteiger partial charge in [0.1, 0.15) is 18.1 Å². The Kier molecular flexibility index (Phi) is 6.89. The highest BCUT2D eigenvalue weighted by molar-refractivity contribution is 5.91. The van der Waals surface area contributed by atoms with Crippen LogP contribution in [0.3, 0.4) is 0 Å². The average molecular weight is 451 g/mol. The van der Waals surface area contributed by atoms with Crippen molar-refractivity contribution in [3.63, 3.8) is 0 Å². The first-order valence-electron chi connectivity index (χ1n) is 10.6. The largest absolute Gasteiger partial charge is 0.497 e. The van der Waals surface area contributed by atoms with Crippen molar-refractivity contribution in [2.75, 3.05) is 33.3 Å². The van der Waals surface area contributed by atoms with Gasteiger partial charge in [-0.1, -0.05) is 24.3 Å². The number of piperazine rings is 1. The normalized spacial score (nSPS) is 14.2. The van der Waals surface area contributed by atoms with E-state index in [-0.39, 0.29) is 29.7 Å². The molecule has 172 valence electrons. The van der Waals surface area contributed by atoms with E-state index in [1.54, 1.807) is 36.3 Å². The fraction of sp³-hybridized carbons (Fsp3) is 0.292. The number of nitro groups is 1. The quantitative estimate of drug-likeness (QED) is 0.380. The number of ether oxygens (including phenoxy) is 2. The number of amides is 1. The maximum absolute atomic E-state index is 12.8. The minimum absolute atomic E-state index is 0.00749. The Morgan fingerprint density at radius 3 is 2.61 bits per heavy atom. The SMILES string of the molecule is COc1cccc(CN2CCN(C(=O)c3ccc(COc4ccccc4[N+](=O)[O-])o3)CC2)c1. The van der Waals surface area contributed by atoms with E-state index in [2.05, 4.69) is 11.0 Å². The molecule has 1 aromatic heterocycles. The third-order valence-corrected chi connectivity index (χ3v) is 5.50. The van der Waals surface area contributed by atoms with Crippen molar-refractivity contribution in [3.8, 4) is 11.5 Å². The van der Waals surface area contributed by atoms with Crippen LogP contribution in [0.4, 0.5) is 5.69 Å². The number of methoxy groups -OCH3 is 1. The Morgan fingerprint density at radius 1 is 1.06 bits per heavy atom. The topological polar surface area (TPSA) is 98.3 Å². The van der Waals surface area contributed by atoms with Crippen molar-refractivity contribution < 1.29 is 23.6 Å². The van der Waals surface area contributed by atoms with Gasteiger partial charge in [0.05, 0.1) is 12.0 Å². The summed E-state index contributed by atoms with van der Waals surface area (Å²) in [6, 6.07) is 17.4. The van der Waals surface area contributed by atoms with Gasteiger partial charge in [0.2, 0.25) is 0 Å². The van der Waals surface area contributed by atoms with Crippen LogP contribution in [0.25, 0.3) is 0 Å². The number of nitro benzene ring substituents is 1. The van der Waals surface area contributed by atoms with Crippen molar-refractivity contribution in [2.45, 2.75) is 13.2 Å². The van der Waals surface area contributed by atoms with Crippen LogP contribution in [-0.4, -0.2) is 53.9 Å². The molecule has 1 aliphatic rings. The lowest BCUT2D eigenvalue weighted by molar-refractivity contribution is -0.386. The van der Waals surface area contributed by atoms with Gasteiger partial charge in [-0.3, -0.25) is 19.8 Å². The highest BCUT2D eigenvalue weighted by atomic mass is 16.6. The molecule has 0 unspecified atom stereocenters. The second-order valence-corrected chi connectivity index (χ2v) is 7.70. The number of carbonyl (C=O) groups is 1. The summed E-state index contributed by atoms with van der Waals surface area (Å²) in [4.78, 5) is 27.5. The van der Waals surface area contributed by atoms with E-state index in [1.165, 1.54) is 17.7 Å². The predicted molar refractivity (Wildman–Crippen MR) is 120 cm³/mol. The van der Waals surface area contributed by atoms with Gasteiger partial charge < -0.3 is 18.8 Å². The molecular weight excluding hydrogens is 426 g/mol. The first-order chi connectivity index (χ1) is 16.0. The Labute approximate surface area is 191 Å². The van der Waals surface area contributed by atoms with Crippen LogP contribution in [0.2, 0.25) is 0 Å². The maximum atomic E-state index is 12.8. The van der Waals surface area contributed by atoms with E-state index in [0.717, 1.165) is 25.4 Å². The number of nitrogens with zero attached hydrogens (tertiary/aromatic N) is 3. The Bertz CT molecular complexity index is 1120. The summed E-state index contributed by atoms with van der Waals surface area (Å²) in [5.74, 6) is 1.47. The molecule has 1 aliphatic heterocycles. The number of hydrogen-bond donors (Lipinski definition) is 0. The Balaban J connectivity index is 1.29. The van der Waals surface area contributed by atoms with Crippen LogP contribution < -0.4 is 9.47 Å². The van der Waals surface area contributed by atoms with Crippen LogP contribution in [-0.2, 0) is 13.2 Å². The van der Waals surface area contributed by atoms with Gasteiger partial charge in [0, 0.05) is 38.8 Å². The maximum Gasteiger partial charge on any atom is 0.310 e. The Hall–Kier alpha value is -3.85. The zero-order valence-electron chi connectivity index (χ0n) is 18.3. The summed E-state index contributed by atoms with van der Waals surface area (Å²) in [6.07, 6.45) is 0. The van der Waals surface area contributed by atoms with Crippen molar-refractivity contribution in [3.05, 3.63) is 87.9 Å². The highest BCUT2D eigenvalue weighted by Gasteiger charge is 2.24. The lowest BCUT2D eigenvalue weighted by atomic mass is 10.2. The van der Waals surface area contributed by atoms with Crippen molar-refractivity contribution in [2.24, 2.45) is 0 Å². The van der Waals surface area contributed by atoms with E-state index in [0.29, 0.717) is 18.8 Å². The standard InChI is InChI=1S/C24H25N3O6/c1-31-19-6-4-5-18(15-19)16-25-11-13-26(14-12-25)24(28)23-10-9-20(33-23)17-32-22-8-3-2-7-21(22)27(29)30/h2-10,15H,11-14,16-17H2,1H3. The zero-order valence-corrected chi connectivity index (χ0v) is 18.3. The van der Waals surface area contributed by atoms with Crippen LogP contribution >= 0.6 is 0 Å². The lowest BCUT2D eigenvalue weighted by Gasteiger charge is -2.34. The molecule has 9 heteroatoms. The number of benzene rings is 2. The average Bonchev–Trinajstić information content (AvgIpc) is 3.32. The molecule has 0 bridgehead atoms. The van der Waals surface area contributed by atoms with Crippen molar-refractivity contribution in [1.29, 1.82) is 0 Å². The molecule has 0 aliphatic carbocycles. The predicted octanol–water partition coefficient (Wildman–Crippen LogP) is 3.73. The van der Waals surface area contributed by atoms with Crippen LogP contribution in [0.5, 0.6) is 11.5 Å². The van der Waals surface area contributed by atoms with Crippen molar-refractivity contribution in [1.82, 2.24) is 9.80 Å². The van der Waals surface area contributed by atoms with Gasteiger partial charge in [0.15, 0.2) is 11.5 Å². The number of rotatable bonds is 8. The molecule has 0 atom stereocenters. The second kappa shape index (κ2) is 10.2. The van der Waals surface area contributed by atoms with Gasteiger partial charge in [0.25, 0.3) is 5.91 Å². The number of hydrogen-bond acceptors (Lipinski definition) is 7. The number of carbonyl (C=O) groups excluding carboxylic acids is 1. The van der Waals surface area contributed by atoms with E-state index < -0.39 is 4.92 Å². The molecule has 1 fully saturated rings. The zero-order chi connectivity index (χ0) is 23.2. The molecule has 3 aromatic rings. The van der Waals surface area contributed by atoms with E-state index in [4.69, 9.17) is 13.9 Å². The first kappa shape index (κ1) is 22.3.